The standard InChI is InChI=1S/C20H19N7O2/c1-11-19-15(13-4-6-14(29-3)7-5-13)10-18(28)21-20(19)27(24-11)17-9-8-16-23-22-12(2)26(16)25-17/h4-9,15H,10H2,1-3H3,(H,21,28)/t15-/m1/s1. The predicted octanol–water partition coefficient (Wildman–Crippen LogP) is 2.41. The van der Waals surface area contributed by atoms with Gasteiger partial charge in [-0.05, 0) is 43.7 Å². The number of nitrogens with zero attached hydrogens (tertiary/aromatic N) is 6. The van der Waals surface area contributed by atoms with Crippen LogP contribution in [0, 0.1) is 13.8 Å². The van der Waals surface area contributed by atoms with Crippen LogP contribution in [0.15, 0.2) is 36.4 Å². The van der Waals surface area contributed by atoms with Crippen LogP contribution >= 0.6 is 0 Å². The van der Waals surface area contributed by atoms with E-state index in [-0.39, 0.29) is 11.8 Å². The third-order valence-corrected chi connectivity index (χ3v) is 5.24. The van der Waals surface area contributed by atoms with E-state index in [1.165, 1.54) is 0 Å². The van der Waals surface area contributed by atoms with E-state index in [0.717, 1.165) is 22.6 Å². The molecule has 9 nitrogen and oxygen atoms in total. The van der Waals surface area contributed by atoms with Gasteiger partial charge in [-0.25, -0.2) is 0 Å². The number of nitrogens with one attached hydrogen (secondary N) is 1. The maximum Gasteiger partial charge on any atom is 0.226 e. The van der Waals surface area contributed by atoms with E-state index in [0.29, 0.717) is 29.5 Å². The van der Waals surface area contributed by atoms with Gasteiger partial charge < -0.3 is 10.1 Å². The van der Waals surface area contributed by atoms with Crippen LogP contribution < -0.4 is 10.1 Å². The predicted molar refractivity (Wildman–Crippen MR) is 105 cm³/mol. The van der Waals surface area contributed by atoms with Crippen LogP contribution in [0.1, 0.15) is 35.0 Å². The number of methoxy groups -OCH3 is 1. The highest BCUT2D eigenvalue weighted by Crippen LogP contribution is 2.40. The fourth-order valence-corrected chi connectivity index (χ4v) is 3.83. The van der Waals surface area contributed by atoms with E-state index in [1.54, 1.807) is 16.3 Å². The van der Waals surface area contributed by atoms with E-state index in [1.807, 2.05) is 50.2 Å². The Morgan fingerprint density at radius 3 is 2.62 bits per heavy atom. The molecule has 1 aliphatic heterocycles. The molecule has 0 fully saturated rings. The minimum absolute atomic E-state index is 0.0546. The lowest BCUT2D eigenvalue weighted by Gasteiger charge is -2.24. The van der Waals surface area contributed by atoms with Crippen molar-refractivity contribution >= 4 is 17.4 Å². The van der Waals surface area contributed by atoms with Gasteiger partial charge in [0.05, 0.1) is 12.8 Å². The second-order valence-corrected chi connectivity index (χ2v) is 7.05. The van der Waals surface area contributed by atoms with Crippen molar-refractivity contribution in [2.45, 2.75) is 26.2 Å². The molecule has 1 amide bonds. The molecule has 29 heavy (non-hydrogen) atoms. The maximum absolute atomic E-state index is 12.5. The topological polar surface area (TPSA) is 99.2 Å². The van der Waals surface area contributed by atoms with Crippen LogP contribution in [0.3, 0.4) is 0 Å². The average Bonchev–Trinajstić information content (AvgIpc) is 3.27. The van der Waals surface area contributed by atoms with Crippen molar-refractivity contribution in [2.24, 2.45) is 0 Å². The minimum atomic E-state index is -0.0845. The number of carbonyl (C=O) groups is 1. The number of aromatic nitrogens is 6. The third-order valence-electron chi connectivity index (χ3n) is 5.24. The van der Waals surface area contributed by atoms with Crippen molar-refractivity contribution in [3.8, 4) is 11.6 Å². The molecule has 1 atom stereocenters. The first-order valence-electron chi connectivity index (χ1n) is 9.28. The van der Waals surface area contributed by atoms with Crippen LogP contribution in [0.5, 0.6) is 5.75 Å². The zero-order valence-electron chi connectivity index (χ0n) is 16.2. The van der Waals surface area contributed by atoms with Crippen LogP contribution in [0.4, 0.5) is 5.82 Å². The van der Waals surface area contributed by atoms with Crippen LogP contribution in [0.2, 0.25) is 0 Å². The molecule has 1 N–H and O–H groups in total. The lowest BCUT2D eigenvalue weighted by atomic mass is 9.86. The van der Waals surface area contributed by atoms with Gasteiger partial charge in [-0.2, -0.15) is 14.3 Å². The molecule has 1 aliphatic rings. The summed E-state index contributed by atoms with van der Waals surface area (Å²) < 4.78 is 8.59. The number of carbonyl (C=O) groups excluding carboxylic acids is 1. The molecular formula is C20H19N7O2. The third kappa shape index (κ3) is 2.74. The van der Waals surface area contributed by atoms with Crippen LogP contribution in [0.25, 0.3) is 11.5 Å². The van der Waals surface area contributed by atoms with Gasteiger partial charge in [0.25, 0.3) is 0 Å². The second-order valence-electron chi connectivity index (χ2n) is 7.05. The van der Waals surface area contributed by atoms with Crippen LogP contribution in [-0.2, 0) is 4.79 Å². The van der Waals surface area contributed by atoms with Gasteiger partial charge in [0.2, 0.25) is 5.91 Å². The summed E-state index contributed by atoms with van der Waals surface area (Å²) in [6.07, 6.45) is 0.364. The van der Waals surface area contributed by atoms with Gasteiger partial charge in [-0.3, -0.25) is 4.79 Å². The summed E-state index contributed by atoms with van der Waals surface area (Å²) in [6.45, 7) is 3.79. The second kappa shape index (κ2) is 6.40. The Bertz CT molecular complexity index is 1240. The molecule has 0 bridgehead atoms. The normalized spacial score (nSPS) is 16.0. The zero-order valence-corrected chi connectivity index (χ0v) is 16.2. The van der Waals surface area contributed by atoms with Crippen molar-refractivity contribution in [3.63, 3.8) is 0 Å². The lowest BCUT2D eigenvalue weighted by Crippen LogP contribution is -2.25. The van der Waals surface area contributed by atoms with E-state index in [4.69, 9.17) is 4.74 Å². The summed E-state index contributed by atoms with van der Waals surface area (Å²) in [4.78, 5) is 12.5. The number of ether oxygens (including phenoxy) is 1. The van der Waals surface area contributed by atoms with Crippen molar-refractivity contribution in [1.82, 2.24) is 29.6 Å². The molecule has 4 heterocycles. The van der Waals surface area contributed by atoms with Gasteiger partial charge in [0.1, 0.15) is 11.6 Å². The van der Waals surface area contributed by atoms with Gasteiger partial charge in [0.15, 0.2) is 17.3 Å². The van der Waals surface area contributed by atoms with Crippen molar-refractivity contribution in [3.05, 3.63) is 59.0 Å². The van der Waals surface area contributed by atoms with Crippen molar-refractivity contribution in [1.29, 1.82) is 0 Å². The number of anilines is 1. The SMILES string of the molecule is COc1ccc([C@H]2CC(=O)Nc3c2c(C)nn3-c2ccc3nnc(C)n3n2)cc1. The Hall–Kier alpha value is -3.75. The molecule has 0 aliphatic carbocycles. The quantitative estimate of drug-likeness (QED) is 0.578. The molecule has 0 unspecified atom stereocenters. The molecule has 1 aromatic carbocycles. The number of rotatable bonds is 3. The first-order chi connectivity index (χ1) is 14.0. The Balaban J connectivity index is 1.65. The van der Waals surface area contributed by atoms with E-state index < -0.39 is 0 Å². The fraction of sp³-hybridized carbons (Fsp3) is 0.250. The van der Waals surface area contributed by atoms with Gasteiger partial charge in [-0.1, -0.05) is 12.1 Å². The Labute approximate surface area is 166 Å². The molecule has 0 spiro atoms. The minimum Gasteiger partial charge on any atom is -0.497 e. The molecule has 0 saturated heterocycles. The monoisotopic (exact) mass is 389 g/mol. The summed E-state index contributed by atoms with van der Waals surface area (Å²) in [5.41, 5.74) is 3.55. The van der Waals surface area contributed by atoms with Gasteiger partial charge in [0, 0.05) is 17.9 Å². The summed E-state index contributed by atoms with van der Waals surface area (Å²) in [7, 11) is 1.64. The molecule has 0 saturated carbocycles. The van der Waals surface area contributed by atoms with E-state index in [2.05, 4.69) is 25.7 Å². The molecule has 5 rings (SSSR count). The Morgan fingerprint density at radius 1 is 1.07 bits per heavy atom. The molecular weight excluding hydrogens is 370 g/mol. The summed E-state index contributed by atoms with van der Waals surface area (Å²) in [5.74, 6) is 2.56. The molecule has 4 aromatic rings. The number of hydrogen-bond donors (Lipinski definition) is 1. The van der Waals surface area contributed by atoms with E-state index >= 15 is 0 Å². The highest BCUT2D eigenvalue weighted by molar-refractivity contribution is 5.95. The molecule has 3 aromatic heterocycles. The van der Waals surface area contributed by atoms with Gasteiger partial charge in [-0.15, -0.1) is 15.3 Å². The highest BCUT2D eigenvalue weighted by atomic mass is 16.5. The highest BCUT2D eigenvalue weighted by Gasteiger charge is 2.33. The average molecular weight is 389 g/mol. The zero-order chi connectivity index (χ0) is 20.1. The summed E-state index contributed by atoms with van der Waals surface area (Å²) >= 11 is 0. The molecule has 146 valence electrons. The number of benzene rings is 1. The first kappa shape index (κ1) is 17.4. The van der Waals surface area contributed by atoms with Crippen molar-refractivity contribution in [2.75, 3.05) is 12.4 Å². The largest absolute Gasteiger partial charge is 0.497 e. The number of aryl methyl sites for hydroxylation is 2. The molecule has 9 heteroatoms. The van der Waals surface area contributed by atoms with Crippen molar-refractivity contribution < 1.29 is 9.53 Å². The smallest absolute Gasteiger partial charge is 0.226 e. The Kier molecular flexibility index (Phi) is 3.83. The van der Waals surface area contributed by atoms with Gasteiger partial charge >= 0.3 is 0 Å². The first-order valence-corrected chi connectivity index (χ1v) is 9.28. The number of hydrogen-bond acceptors (Lipinski definition) is 6. The van der Waals surface area contributed by atoms with E-state index in [9.17, 15) is 4.79 Å². The number of amides is 1. The molecule has 0 radical (unpaired) electrons. The fourth-order valence-electron chi connectivity index (χ4n) is 3.83. The summed E-state index contributed by atoms with van der Waals surface area (Å²) in [5, 5.41) is 20.4. The maximum atomic E-state index is 12.5. The van der Waals surface area contributed by atoms with Crippen LogP contribution in [-0.4, -0.2) is 42.6 Å². The summed E-state index contributed by atoms with van der Waals surface area (Å²) in [6, 6.07) is 11.5. The number of fused-ring (bicyclic) bond motifs is 2. The lowest BCUT2D eigenvalue weighted by molar-refractivity contribution is -0.116. The Morgan fingerprint density at radius 2 is 1.86 bits per heavy atom.